The molecule has 0 saturated carbocycles. The molecule has 3 aromatic carbocycles. The Kier molecular flexibility index (Phi) is 4.25. The van der Waals surface area contributed by atoms with Crippen LogP contribution in [0.2, 0.25) is 0 Å². The van der Waals surface area contributed by atoms with Gasteiger partial charge in [0.15, 0.2) is 0 Å². The van der Waals surface area contributed by atoms with E-state index in [1.165, 1.54) is 5.56 Å². The average Bonchev–Trinajstić information content (AvgIpc) is 3.38. The van der Waals surface area contributed by atoms with Gasteiger partial charge in [0.05, 0.1) is 40.4 Å². The minimum absolute atomic E-state index is 0.000314. The van der Waals surface area contributed by atoms with Crippen LogP contribution in [0.1, 0.15) is 26.3 Å². The second-order valence-electron chi connectivity index (χ2n) is 10.0. The SMILES string of the molecule is CC(C)(C)c1ccc2c(c1)c1c3oc4ccccc4c3ccc1n2C1=CC(C#N)C(C#N)C=C1. The molecule has 6 rings (SSSR count). The minimum atomic E-state index is -0.485. The number of hydrogen-bond acceptors (Lipinski definition) is 3. The van der Waals surface area contributed by atoms with Gasteiger partial charge in [-0.2, -0.15) is 10.5 Å². The van der Waals surface area contributed by atoms with Crippen molar-refractivity contribution in [3.63, 3.8) is 0 Å². The molecule has 0 bridgehead atoms. The molecule has 2 atom stereocenters. The Morgan fingerprint density at radius 3 is 2.38 bits per heavy atom. The van der Waals surface area contributed by atoms with Crippen molar-refractivity contribution in [2.75, 3.05) is 0 Å². The highest BCUT2D eigenvalue weighted by Crippen LogP contribution is 2.42. The van der Waals surface area contributed by atoms with Crippen molar-refractivity contribution in [2.24, 2.45) is 11.8 Å². The monoisotopic (exact) mass is 441 g/mol. The van der Waals surface area contributed by atoms with Gasteiger partial charge in [-0.25, -0.2) is 0 Å². The lowest BCUT2D eigenvalue weighted by atomic mass is 9.86. The molecule has 1 aliphatic carbocycles. The number of nitrogens with zero attached hydrogens (tertiary/aromatic N) is 3. The highest BCUT2D eigenvalue weighted by molar-refractivity contribution is 6.24. The summed E-state index contributed by atoms with van der Waals surface area (Å²) < 4.78 is 8.62. The predicted molar refractivity (Wildman–Crippen MR) is 137 cm³/mol. The topological polar surface area (TPSA) is 65.7 Å². The average molecular weight is 442 g/mol. The summed E-state index contributed by atoms with van der Waals surface area (Å²) in [6.07, 6.45) is 5.71. The summed E-state index contributed by atoms with van der Waals surface area (Å²) in [5.74, 6) is -0.919. The Bertz CT molecular complexity index is 1770. The van der Waals surface area contributed by atoms with E-state index < -0.39 is 11.8 Å². The van der Waals surface area contributed by atoms with Gasteiger partial charge < -0.3 is 8.98 Å². The van der Waals surface area contributed by atoms with Gasteiger partial charge in [0.1, 0.15) is 11.2 Å². The van der Waals surface area contributed by atoms with Gasteiger partial charge in [0.25, 0.3) is 0 Å². The fraction of sp³-hybridized carbons (Fsp3) is 0.200. The maximum atomic E-state index is 9.68. The van der Waals surface area contributed by atoms with Gasteiger partial charge in [0, 0.05) is 21.9 Å². The fourth-order valence-electron chi connectivity index (χ4n) is 5.09. The molecule has 164 valence electrons. The van der Waals surface area contributed by atoms with Gasteiger partial charge in [-0.05, 0) is 53.5 Å². The second kappa shape index (κ2) is 7.11. The third-order valence-corrected chi connectivity index (χ3v) is 6.91. The molecular weight excluding hydrogens is 418 g/mol. The number of furan rings is 1. The molecule has 2 unspecified atom stereocenters. The molecule has 0 aliphatic heterocycles. The van der Waals surface area contributed by atoms with Crippen LogP contribution in [0.5, 0.6) is 0 Å². The summed E-state index contributed by atoms with van der Waals surface area (Å²) in [7, 11) is 0. The largest absolute Gasteiger partial charge is 0.455 e. The fourth-order valence-corrected chi connectivity index (χ4v) is 5.09. The summed E-state index contributed by atoms with van der Waals surface area (Å²) in [6, 6.07) is 23.5. The number of nitriles is 2. The zero-order valence-electron chi connectivity index (χ0n) is 19.3. The van der Waals surface area contributed by atoms with Crippen LogP contribution < -0.4 is 0 Å². The zero-order valence-corrected chi connectivity index (χ0v) is 19.3. The molecule has 0 amide bonds. The molecular formula is C30H23N3O. The smallest absolute Gasteiger partial charge is 0.145 e. The maximum absolute atomic E-state index is 9.68. The molecule has 2 heterocycles. The van der Waals surface area contributed by atoms with E-state index >= 15 is 0 Å². The summed E-state index contributed by atoms with van der Waals surface area (Å²) in [6.45, 7) is 6.65. The molecule has 0 spiro atoms. The van der Waals surface area contributed by atoms with Gasteiger partial charge in [-0.3, -0.25) is 0 Å². The Labute approximate surface area is 197 Å². The van der Waals surface area contributed by atoms with Crippen LogP contribution in [0.4, 0.5) is 0 Å². The molecule has 0 N–H and O–H groups in total. The van der Waals surface area contributed by atoms with Crippen molar-refractivity contribution < 1.29 is 4.42 Å². The number of allylic oxidation sites excluding steroid dienone is 4. The van der Waals surface area contributed by atoms with Crippen LogP contribution in [0.25, 0.3) is 49.4 Å². The highest BCUT2D eigenvalue weighted by atomic mass is 16.3. The summed E-state index contributed by atoms with van der Waals surface area (Å²) >= 11 is 0. The van der Waals surface area contributed by atoms with Crippen molar-refractivity contribution >= 4 is 49.4 Å². The number of benzene rings is 3. The first-order chi connectivity index (χ1) is 16.4. The van der Waals surface area contributed by atoms with Crippen LogP contribution in [0.15, 0.2) is 77.2 Å². The molecule has 4 nitrogen and oxygen atoms in total. The van der Waals surface area contributed by atoms with Gasteiger partial charge in [0.2, 0.25) is 0 Å². The lowest BCUT2D eigenvalue weighted by Crippen LogP contribution is -2.12. The number of aromatic nitrogens is 1. The Hall–Kier alpha value is -4.28. The summed E-state index contributed by atoms with van der Waals surface area (Å²) in [5, 5.41) is 23.5. The van der Waals surface area contributed by atoms with Crippen LogP contribution in [-0.4, -0.2) is 4.57 Å². The molecule has 2 aromatic heterocycles. The van der Waals surface area contributed by atoms with Gasteiger partial charge in [-0.1, -0.05) is 51.1 Å². The Morgan fingerprint density at radius 1 is 0.853 bits per heavy atom. The standard InChI is InChI=1S/C30H23N3O/c1-30(2,3)20-9-12-25-24(15-20)28-26(33(25)21-10-8-18(16-31)19(14-21)17-32)13-11-23-22-6-4-5-7-27(22)34-29(23)28/h4-15,18-19H,1-3H3. The third-order valence-electron chi connectivity index (χ3n) is 6.91. The molecule has 0 fully saturated rings. The van der Waals surface area contributed by atoms with Crippen molar-refractivity contribution in [3.05, 3.63) is 78.4 Å². The second-order valence-corrected chi connectivity index (χ2v) is 10.0. The molecule has 4 heteroatoms. The molecule has 0 saturated heterocycles. The maximum Gasteiger partial charge on any atom is 0.145 e. The van der Waals surface area contributed by atoms with Crippen molar-refractivity contribution in [1.82, 2.24) is 4.57 Å². The minimum Gasteiger partial charge on any atom is -0.455 e. The highest BCUT2D eigenvalue weighted by Gasteiger charge is 2.25. The van der Waals surface area contributed by atoms with E-state index in [-0.39, 0.29) is 5.41 Å². The van der Waals surface area contributed by atoms with E-state index in [1.807, 2.05) is 36.4 Å². The number of rotatable bonds is 1. The lowest BCUT2D eigenvalue weighted by Gasteiger charge is -2.20. The molecule has 5 aromatic rings. The van der Waals surface area contributed by atoms with Crippen molar-refractivity contribution in [3.8, 4) is 12.1 Å². The van der Waals surface area contributed by atoms with Crippen molar-refractivity contribution in [1.29, 1.82) is 10.5 Å². The van der Waals surface area contributed by atoms with E-state index in [0.29, 0.717) is 0 Å². The zero-order chi connectivity index (χ0) is 23.6. The number of fused-ring (bicyclic) bond motifs is 7. The van der Waals surface area contributed by atoms with Crippen LogP contribution >= 0.6 is 0 Å². The predicted octanol–water partition coefficient (Wildman–Crippen LogP) is 7.68. The van der Waals surface area contributed by atoms with Crippen LogP contribution in [0.3, 0.4) is 0 Å². The summed E-state index contributed by atoms with van der Waals surface area (Å²) in [5.41, 5.74) is 5.98. The molecule has 1 aliphatic rings. The Morgan fingerprint density at radius 2 is 1.62 bits per heavy atom. The van der Waals surface area contributed by atoms with E-state index in [4.69, 9.17) is 4.42 Å². The van der Waals surface area contributed by atoms with E-state index in [2.05, 4.69) is 73.9 Å². The first-order valence-electron chi connectivity index (χ1n) is 11.5. The van der Waals surface area contributed by atoms with E-state index in [0.717, 1.165) is 49.4 Å². The first kappa shape index (κ1) is 20.3. The molecule has 34 heavy (non-hydrogen) atoms. The van der Waals surface area contributed by atoms with Crippen LogP contribution in [0, 0.1) is 34.5 Å². The molecule has 0 radical (unpaired) electrons. The first-order valence-corrected chi connectivity index (χ1v) is 11.5. The van der Waals surface area contributed by atoms with Crippen LogP contribution in [-0.2, 0) is 5.41 Å². The van der Waals surface area contributed by atoms with Crippen molar-refractivity contribution in [2.45, 2.75) is 26.2 Å². The lowest BCUT2D eigenvalue weighted by molar-refractivity contribution is 0.591. The summed E-state index contributed by atoms with van der Waals surface area (Å²) in [4.78, 5) is 0. The van der Waals surface area contributed by atoms with E-state index in [1.54, 1.807) is 0 Å². The number of para-hydroxylation sites is 1. The normalized spacial score (nSPS) is 18.4. The number of hydrogen-bond donors (Lipinski definition) is 0. The van der Waals surface area contributed by atoms with E-state index in [9.17, 15) is 10.5 Å². The third kappa shape index (κ3) is 2.82. The van der Waals surface area contributed by atoms with Gasteiger partial charge >= 0.3 is 0 Å². The van der Waals surface area contributed by atoms with Gasteiger partial charge in [-0.15, -0.1) is 0 Å². The Balaban J connectivity index is 1.76. The quantitative estimate of drug-likeness (QED) is 0.268.